The number of carbonyl (C=O) groups is 1. The lowest BCUT2D eigenvalue weighted by molar-refractivity contribution is 0.0937. The minimum absolute atomic E-state index is 0.264. The molecular formula is C19H18FN3O. The van der Waals surface area contributed by atoms with E-state index in [-0.39, 0.29) is 17.8 Å². The van der Waals surface area contributed by atoms with Crippen LogP contribution in [0.5, 0.6) is 0 Å². The second-order valence-electron chi connectivity index (χ2n) is 5.56. The fourth-order valence-corrected chi connectivity index (χ4v) is 2.69. The Labute approximate surface area is 139 Å². The number of imidazole rings is 1. The number of carbonyl (C=O) groups excluding carboxylic acids is 1. The molecule has 0 spiro atoms. The van der Waals surface area contributed by atoms with Gasteiger partial charge in [-0.15, -0.1) is 6.58 Å². The first kappa shape index (κ1) is 15.9. The summed E-state index contributed by atoms with van der Waals surface area (Å²) in [6.07, 6.45) is 1.80. The molecule has 0 saturated heterocycles. The van der Waals surface area contributed by atoms with Crippen molar-refractivity contribution in [1.29, 1.82) is 0 Å². The SMILES string of the molecule is C=CCn1c([C@H](C)NC(=O)c2ccc(F)cc2)nc2ccccc21. The lowest BCUT2D eigenvalue weighted by Gasteiger charge is -2.15. The monoisotopic (exact) mass is 323 g/mol. The van der Waals surface area contributed by atoms with Crippen molar-refractivity contribution in [2.24, 2.45) is 0 Å². The molecule has 0 radical (unpaired) electrons. The molecule has 3 rings (SSSR count). The van der Waals surface area contributed by atoms with E-state index in [0.29, 0.717) is 12.1 Å². The van der Waals surface area contributed by atoms with Gasteiger partial charge in [-0.25, -0.2) is 9.37 Å². The zero-order chi connectivity index (χ0) is 17.1. The third-order valence-electron chi connectivity index (χ3n) is 3.84. The van der Waals surface area contributed by atoms with Crippen molar-refractivity contribution in [2.45, 2.75) is 19.5 Å². The van der Waals surface area contributed by atoms with Crippen LogP contribution < -0.4 is 5.32 Å². The van der Waals surface area contributed by atoms with E-state index in [4.69, 9.17) is 0 Å². The van der Waals surface area contributed by atoms with Crippen LogP contribution in [0.4, 0.5) is 4.39 Å². The molecule has 0 unspecified atom stereocenters. The van der Waals surface area contributed by atoms with E-state index < -0.39 is 0 Å². The second kappa shape index (κ2) is 6.66. The molecule has 0 aliphatic rings. The van der Waals surface area contributed by atoms with Crippen LogP contribution in [0.2, 0.25) is 0 Å². The van der Waals surface area contributed by atoms with Crippen molar-refractivity contribution < 1.29 is 9.18 Å². The number of para-hydroxylation sites is 2. The van der Waals surface area contributed by atoms with Crippen molar-refractivity contribution >= 4 is 16.9 Å². The molecule has 1 atom stereocenters. The molecule has 0 aliphatic heterocycles. The number of hydrogen-bond acceptors (Lipinski definition) is 2. The van der Waals surface area contributed by atoms with E-state index >= 15 is 0 Å². The van der Waals surface area contributed by atoms with Gasteiger partial charge >= 0.3 is 0 Å². The number of benzene rings is 2. The lowest BCUT2D eigenvalue weighted by Crippen LogP contribution is -2.28. The highest BCUT2D eigenvalue weighted by Crippen LogP contribution is 2.21. The Morgan fingerprint density at radius 3 is 2.71 bits per heavy atom. The van der Waals surface area contributed by atoms with E-state index in [9.17, 15) is 9.18 Å². The number of aromatic nitrogens is 2. The number of halogens is 1. The molecule has 0 saturated carbocycles. The van der Waals surface area contributed by atoms with Gasteiger partial charge in [-0.3, -0.25) is 4.79 Å². The van der Waals surface area contributed by atoms with Crippen LogP contribution >= 0.6 is 0 Å². The van der Waals surface area contributed by atoms with Gasteiger partial charge < -0.3 is 9.88 Å². The first-order chi connectivity index (χ1) is 11.6. The summed E-state index contributed by atoms with van der Waals surface area (Å²) in [5.41, 5.74) is 2.28. The van der Waals surface area contributed by atoms with Crippen molar-refractivity contribution in [2.75, 3.05) is 0 Å². The molecule has 4 nitrogen and oxygen atoms in total. The van der Waals surface area contributed by atoms with Crippen LogP contribution in [0.25, 0.3) is 11.0 Å². The van der Waals surface area contributed by atoms with Crippen LogP contribution in [0.3, 0.4) is 0 Å². The maximum Gasteiger partial charge on any atom is 0.251 e. The summed E-state index contributed by atoms with van der Waals surface area (Å²) in [6, 6.07) is 13.0. The van der Waals surface area contributed by atoms with Gasteiger partial charge in [0.25, 0.3) is 5.91 Å². The van der Waals surface area contributed by atoms with Crippen molar-refractivity contribution in [1.82, 2.24) is 14.9 Å². The summed E-state index contributed by atoms with van der Waals surface area (Å²) in [6.45, 7) is 6.27. The number of nitrogens with one attached hydrogen (secondary N) is 1. The van der Waals surface area contributed by atoms with Gasteiger partial charge in [0.1, 0.15) is 11.6 Å². The minimum atomic E-state index is -0.368. The predicted molar refractivity (Wildman–Crippen MR) is 92.2 cm³/mol. The molecule has 3 aromatic rings. The smallest absolute Gasteiger partial charge is 0.251 e. The average molecular weight is 323 g/mol. The number of allylic oxidation sites excluding steroid dienone is 1. The molecular weight excluding hydrogens is 305 g/mol. The first-order valence-electron chi connectivity index (χ1n) is 7.72. The highest BCUT2D eigenvalue weighted by molar-refractivity contribution is 5.94. The zero-order valence-corrected chi connectivity index (χ0v) is 13.4. The van der Waals surface area contributed by atoms with Crippen LogP contribution in [-0.4, -0.2) is 15.5 Å². The molecule has 0 bridgehead atoms. The quantitative estimate of drug-likeness (QED) is 0.725. The molecule has 1 N–H and O–H groups in total. The third-order valence-corrected chi connectivity index (χ3v) is 3.84. The lowest BCUT2D eigenvalue weighted by atomic mass is 10.2. The van der Waals surface area contributed by atoms with Crippen LogP contribution in [0.1, 0.15) is 29.1 Å². The minimum Gasteiger partial charge on any atom is -0.342 e. The Kier molecular flexibility index (Phi) is 4.42. The van der Waals surface area contributed by atoms with Gasteiger partial charge in [0.05, 0.1) is 17.1 Å². The molecule has 122 valence electrons. The summed E-state index contributed by atoms with van der Waals surface area (Å²) >= 11 is 0. The number of hydrogen-bond donors (Lipinski definition) is 1. The van der Waals surface area contributed by atoms with Gasteiger partial charge in [-0.2, -0.15) is 0 Å². The van der Waals surface area contributed by atoms with E-state index in [0.717, 1.165) is 16.9 Å². The molecule has 24 heavy (non-hydrogen) atoms. The maximum atomic E-state index is 13.0. The molecule has 1 heterocycles. The second-order valence-corrected chi connectivity index (χ2v) is 5.56. The predicted octanol–water partition coefficient (Wildman–Crippen LogP) is 3.85. The van der Waals surface area contributed by atoms with Crippen molar-refractivity contribution in [3.63, 3.8) is 0 Å². The Balaban J connectivity index is 1.89. The molecule has 5 heteroatoms. The molecule has 1 amide bonds. The summed E-state index contributed by atoms with van der Waals surface area (Å²) in [5.74, 6) is 0.124. The first-order valence-corrected chi connectivity index (χ1v) is 7.72. The average Bonchev–Trinajstić information content (AvgIpc) is 2.95. The van der Waals surface area contributed by atoms with E-state index in [2.05, 4.69) is 16.9 Å². The fraction of sp³-hybridized carbons (Fsp3) is 0.158. The molecule has 1 aromatic heterocycles. The van der Waals surface area contributed by atoms with Gasteiger partial charge in [0, 0.05) is 12.1 Å². The highest BCUT2D eigenvalue weighted by atomic mass is 19.1. The molecule has 0 fully saturated rings. The standard InChI is InChI=1S/C19H18FN3O/c1-3-12-23-17-7-5-4-6-16(17)22-18(23)13(2)21-19(24)14-8-10-15(20)11-9-14/h3-11,13H,1,12H2,2H3,(H,21,24)/t13-/m0/s1. The summed E-state index contributed by atoms with van der Waals surface area (Å²) in [4.78, 5) is 17.0. The highest BCUT2D eigenvalue weighted by Gasteiger charge is 2.18. The van der Waals surface area contributed by atoms with E-state index in [1.165, 1.54) is 24.3 Å². The third kappa shape index (κ3) is 3.06. The fourth-order valence-electron chi connectivity index (χ4n) is 2.69. The normalized spacial score (nSPS) is 12.1. The summed E-state index contributed by atoms with van der Waals surface area (Å²) in [5, 5.41) is 2.91. The van der Waals surface area contributed by atoms with Crippen LogP contribution in [-0.2, 0) is 6.54 Å². The molecule has 0 aliphatic carbocycles. The Morgan fingerprint density at radius 2 is 2.00 bits per heavy atom. The molecule has 2 aromatic carbocycles. The van der Waals surface area contributed by atoms with Crippen molar-refractivity contribution in [3.05, 3.63) is 78.4 Å². The van der Waals surface area contributed by atoms with Gasteiger partial charge in [0.2, 0.25) is 0 Å². The Morgan fingerprint density at radius 1 is 1.29 bits per heavy atom. The van der Waals surface area contributed by atoms with E-state index in [1.54, 1.807) is 6.08 Å². The number of fused-ring (bicyclic) bond motifs is 1. The zero-order valence-electron chi connectivity index (χ0n) is 13.4. The van der Waals surface area contributed by atoms with Crippen LogP contribution in [0, 0.1) is 5.82 Å². The number of amides is 1. The Hall–Kier alpha value is -2.95. The maximum absolute atomic E-state index is 13.0. The van der Waals surface area contributed by atoms with Crippen LogP contribution in [0.15, 0.2) is 61.2 Å². The van der Waals surface area contributed by atoms with Gasteiger partial charge in [-0.1, -0.05) is 18.2 Å². The van der Waals surface area contributed by atoms with Crippen molar-refractivity contribution in [3.8, 4) is 0 Å². The summed E-state index contributed by atoms with van der Waals surface area (Å²) < 4.78 is 15.0. The number of rotatable bonds is 5. The van der Waals surface area contributed by atoms with E-state index in [1.807, 2.05) is 35.8 Å². The number of nitrogens with zero attached hydrogens (tertiary/aromatic N) is 2. The topological polar surface area (TPSA) is 46.9 Å². The van der Waals surface area contributed by atoms with Gasteiger partial charge in [-0.05, 0) is 43.3 Å². The van der Waals surface area contributed by atoms with Gasteiger partial charge in [0.15, 0.2) is 0 Å². The summed E-state index contributed by atoms with van der Waals surface area (Å²) in [7, 11) is 0. The Bertz CT molecular complexity index is 883. The largest absolute Gasteiger partial charge is 0.342 e.